The lowest BCUT2D eigenvalue weighted by Crippen LogP contribution is -2.01. The number of imidazole rings is 1. The van der Waals surface area contributed by atoms with Gasteiger partial charge < -0.3 is 10.3 Å². The molecule has 2 N–H and O–H groups in total. The maximum absolute atomic E-state index is 5.58. The third-order valence-electron chi connectivity index (χ3n) is 2.45. The zero-order valence-electron chi connectivity index (χ0n) is 9.58. The summed E-state index contributed by atoms with van der Waals surface area (Å²) in [5, 5.41) is 0. The Labute approximate surface area is 92.0 Å². The molecule has 0 bridgehead atoms. The second kappa shape index (κ2) is 6.40. The number of unbranched alkanes of at least 4 members (excludes halogenated alkanes) is 2. The highest BCUT2D eigenvalue weighted by Gasteiger charge is 2.05. The third-order valence-corrected chi connectivity index (χ3v) is 2.45. The summed E-state index contributed by atoms with van der Waals surface area (Å²) in [6, 6.07) is 0. The Kier molecular flexibility index (Phi) is 5.12. The molecule has 0 saturated carbocycles. The molecule has 3 heteroatoms. The van der Waals surface area contributed by atoms with Crippen LogP contribution in [0.1, 0.15) is 37.7 Å². The molecule has 0 saturated heterocycles. The molecule has 1 heterocycles. The number of allylic oxidation sites excluding steroid dienone is 1. The third kappa shape index (κ3) is 3.51. The molecule has 0 atom stereocenters. The van der Waals surface area contributed by atoms with Gasteiger partial charge in [0.2, 0.25) is 0 Å². The van der Waals surface area contributed by atoms with Gasteiger partial charge >= 0.3 is 0 Å². The molecule has 0 unspecified atom stereocenters. The monoisotopic (exact) mass is 207 g/mol. The van der Waals surface area contributed by atoms with E-state index in [2.05, 4.69) is 23.1 Å². The molecule has 0 aromatic carbocycles. The van der Waals surface area contributed by atoms with Crippen molar-refractivity contribution in [1.82, 2.24) is 9.55 Å². The molecule has 0 spiro atoms. The molecule has 0 fully saturated rings. The van der Waals surface area contributed by atoms with Crippen LogP contribution in [0.5, 0.6) is 0 Å². The predicted octanol–water partition coefficient (Wildman–Crippen LogP) is 2.26. The van der Waals surface area contributed by atoms with E-state index >= 15 is 0 Å². The van der Waals surface area contributed by atoms with Gasteiger partial charge in [-0.05, 0) is 6.42 Å². The van der Waals surface area contributed by atoms with E-state index in [9.17, 15) is 0 Å². The number of rotatable bonds is 7. The van der Waals surface area contributed by atoms with E-state index in [-0.39, 0.29) is 0 Å². The van der Waals surface area contributed by atoms with Crippen LogP contribution in [-0.4, -0.2) is 9.55 Å². The fraction of sp³-hybridized carbons (Fsp3) is 0.583. The summed E-state index contributed by atoms with van der Waals surface area (Å²) in [7, 11) is 0. The summed E-state index contributed by atoms with van der Waals surface area (Å²) in [4.78, 5) is 4.51. The summed E-state index contributed by atoms with van der Waals surface area (Å²) >= 11 is 0. The molecule has 0 radical (unpaired) electrons. The lowest BCUT2D eigenvalue weighted by molar-refractivity contribution is 0.656. The number of hydrogen-bond acceptors (Lipinski definition) is 2. The lowest BCUT2D eigenvalue weighted by Gasteiger charge is -2.03. The average molecular weight is 207 g/mol. The van der Waals surface area contributed by atoms with Crippen molar-refractivity contribution in [2.24, 2.45) is 5.73 Å². The van der Waals surface area contributed by atoms with Crippen molar-refractivity contribution in [3.63, 3.8) is 0 Å². The first-order chi connectivity index (χ1) is 7.31. The largest absolute Gasteiger partial charge is 0.331 e. The van der Waals surface area contributed by atoms with Crippen molar-refractivity contribution in [3.05, 3.63) is 30.4 Å². The number of nitrogens with two attached hydrogens (primary N) is 1. The first-order valence-electron chi connectivity index (χ1n) is 5.67. The summed E-state index contributed by atoms with van der Waals surface area (Å²) in [5.74, 6) is 1.14. The normalized spacial score (nSPS) is 10.5. The molecular weight excluding hydrogens is 186 g/mol. The van der Waals surface area contributed by atoms with Crippen molar-refractivity contribution in [2.45, 2.75) is 45.7 Å². The lowest BCUT2D eigenvalue weighted by atomic mass is 10.2. The molecule has 3 nitrogen and oxygen atoms in total. The Morgan fingerprint density at radius 1 is 1.53 bits per heavy atom. The minimum Gasteiger partial charge on any atom is -0.331 e. The Bertz CT molecular complexity index is 302. The van der Waals surface area contributed by atoms with E-state index in [1.54, 1.807) is 0 Å². The van der Waals surface area contributed by atoms with Gasteiger partial charge in [-0.2, -0.15) is 0 Å². The minimum atomic E-state index is 0.519. The molecule has 0 amide bonds. The van der Waals surface area contributed by atoms with Gasteiger partial charge in [0.25, 0.3) is 0 Å². The van der Waals surface area contributed by atoms with E-state index in [1.165, 1.54) is 19.3 Å². The number of aryl methyl sites for hydroxylation is 1. The molecule has 1 rings (SSSR count). The average Bonchev–Trinajstić information content (AvgIpc) is 2.62. The topological polar surface area (TPSA) is 43.8 Å². The molecule has 1 aromatic rings. The fourth-order valence-corrected chi connectivity index (χ4v) is 1.64. The van der Waals surface area contributed by atoms with Crippen LogP contribution in [0.15, 0.2) is 18.9 Å². The second-order valence-corrected chi connectivity index (χ2v) is 3.75. The summed E-state index contributed by atoms with van der Waals surface area (Å²) in [6.07, 6.45) is 8.68. The zero-order valence-corrected chi connectivity index (χ0v) is 9.58. The summed E-state index contributed by atoms with van der Waals surface area (Å²) < 4.78 is 2.14. The number of nitrogens with zero attached hydrogens (tertiary/aromatic N) is 2. The van der Waals surface area contributed by atoms with E-state index in [1.807, 2.05) is 12.3 Å². The van der Waals surface area contributed by atoms with Gasteiger partial charge in [-0.25, -0.2) is 4.98 Å². The first kappa shape index (κ1) is 12.0. The number of hydrogen-bond donors (Lipinski definition) is 1. The van der Waals surface area contributed by atoms with Gasteiger partial charge in [0.1, 0.15) is 5.82 Å². The van der Waals surface area contributed by atoms with Gasteiger partial charge in [-0.15, -0.1) is 6.58 Å². The van der Waals surface area contributed by atoms with E-state index in [4.69, 9.17) is 5.73 Å². The van der Waals surface area contributed by atoms with Crippen LogP contribution in [0.3, 0.4) is 0 Å². The van der Waals surface area contributed by atoms with Crippen molar-refractivity contribution < 1.29 is 0 Å². The van der Waals surface area contributed by atoms with Crippen LogP contribution < -0.4 is 5.73 Å². The smallest absolute Gasteiger partial charge is 0.109 e. The Morgan fingerprint density at radius 2 is 2.33 bits per heavy atom. The highest BCUT2D eigenvalue weighted by Crippen LogP contribution is 2.08. The van der Waals surface area contributed by atoms with E-state index < -0.39 is 0 Å². The fourth-order valence-electron chi connectivity index (χ4n) is 1.64. The van der Waals surface area contributed by atoms with Crippen molar-refractivity contribution in [3.8, 4) is 0 Å². The molecule has 1 aromatic heterocycles. The van der Waals surface area contributed by atoms with Gasteiger partial charge in [-0.3, -0.25) is 0 Å². The molecular formula is C12H21N3. The predicted molar refractivity (Wildman–Crippen MR) is 63.5 cm³/mol. The van der Waals surface area contributed by atoms with Gasteiger partial charge in [0.05, 0.1) is 5.69 Å². The minimum absolute atomic E-state index is 0.519. The highest BCUT2D eigenvalue weighted by atomic mass is 15.1. The Balaban J connectivity index is 2.65. The second-order valence-electron chi connectivity index (χ2n) is 3.75. The van der Waals surface area contributed by atoms with Crippen molar-refractivity contribution in [2.75, 3.05) is 0 Å². The SMILES string of the molecule is C=CCn1cc(CN)nc1CCCCC. The molecule has 0 aliphatic rings. The molecule has 84 valence electrons. The zero-order chi connectivity index (χ0) is 11.1. The maximum atomic E-state index is 5.58. The van der Waals surface area contributed by atoms with Crippen LogP contribution in [0.2, 0.25) is 0 Å². The molecule has 15 heavy (non-hydrogen) atoms. The number of aromatic nitrogens is 2. The van der Waals surface area contributed by atoms with Gasteiger partial charge in [-0.1, -0.05) is 25.8 Å². The molecule has 0 aliphatic carbocycles. The Hall–Kier alpha value is -1.09. The van der Waals surface area contributed by atoms with Crippen LogP contribution in [-0.2, 0) is 19.5 Å². The summed E-state index contributed by atoms with van der Waals surface area (Å²) in [6.45, 7) is 7.31. The van der Waals surface area contributed by atoms with Crippen LogP contribution in [0, 0.1) is 0 Å². The van der Waals surface area contributed by atoms with E-state index in [0.717, 1.165) is 24.5 Å². The van der Waals surface area contributed by atoms with Crippen molar-refractivity contribution in [1.29, 1.82) is 0 Å². The van der Waals surface area contributed by atoms with Gasteiger partial charge in [0.15, 0.2) is 0 Å². The van der Waals surface area contributed by atoms with Crippen molar-refractivity contribution >= 4 is 0 Å². The highest BCUT2D eigenvalue weighted by molar-refractivity contribution is 5.05. The van der Waals surface area contributed by atoms with Crippen LogP contribution >= 0.6 is 0 Å². The first-order valence-corrected chi connectivity index (χ1v) is 5.67. The summed E-state index contributed by atoms with van der Waals surface area (Å²) in [5.41, 5.74) is 6.56. The van der Waals surface area contributed by atoms with E-state index in [0.29, 0.717) is 6.54 Å². The molecule has 0 aliphatic heterocycles. The van der Waals surface area contributed by atoms with Crippen LogP contribution in [0.4, 0.5) is 0 Å². The standard InChI is InChI=1S/C12H21N3/c1-3-5-6-7-12-14-11(9-13)10-15(12)8-4-2/h4,10H,2-3,5-9,13H2,1H3. The Morgan fingerprint density at radius 3 is 2.93 bits per heavy atom. The van der Waals surface area contributed by atoms with Crippen LogP contribution in [0.25, 0.3) is 0 Å². The maximum Gasteiger partial charge on any atom is 0.109 e. The quantitative estimate of drug-likeness (QED) is 0.550. The van der Waals surface area contributed by atoms with Gasteiger partial charge in [0, 0.05) is 25.7 Å².